The van der Waals surface area contributed by atoms with Crippen molar-refractivity contribution in [2.45, 2.75) is 6.92 Å². The molecule has 0 saturated carbocycles. The summed E-state index contributed by atoms with van der Waals surface area (Å²) < 4.78 is 24.0. The number of hydrogen-bond donors (Lipinski definition) is 1. The summed E-state index contributed by atoms with van der Waals surface area (Å²) in [5.74, 6) is 0.253. The molecule has 102 valence electrons. The summed E-state index contributed by atoms with van der Waals surface area (Å²) in [6.07, 6.45) is 0. The van der Waals surface area contributed by atoms with Crippen molar-refractivity contribution in [2.24, 2.45) is 0 Å². The Kier molecular flexibility index (Phi) is 3.02. The summed E-state index contributed by atoms with van der Waals surface area (Å²) in [6, 6.07) is 9.39. The fraction of sp³-hybridized carbons (Fsp3) is 0.133. The predicted octanol–water partition coefficient (Wildman–Crippen LogP) is 3.12. The number of rotatable bonds is 2. The highest BCUT2D eigenvalue weighted by Gasteiger charge is 2.17. The highest BCUT2D eigenvalue weighted by atomic mass is 19.1. The van der Waals surface area contributed by atoms with Crippen molar-refractivity contribution in [1.29, 1.82) is 0 Å². The zero-order chi connectivity index (χ0) is 14.1. The molecule has 0 unspecified atom stereocenters. The molecule has 0 spiro atoms. The lowest BCUT2D eigenvalue weighted by molar-refractivity contribution is 0.102. The summed E-state index contributed by atoms with van der Waals surface area (Å²) in [5.41, 5.74) is 1.41. The standard InChI is InChI=1S/C15H12FNO3/c1-9-2-4-11(16)12(6-9)17-15(18)10-3-5-13-14(7-10)20-8-19-13/h2-7H,8H2,1H3,(H,17,18). The van der Waals surface area contributed by atoms with Crippen LogP contribution in [0.3, 0.4) is 0 Å². The topological polar surface area (TPSA) is 47.6 Å². The summed E-state index contributed by atoms with van der Waals surface area (Å²) in [6.45, 7) is 1.97. The average molecular weight is 273 g/mol. The van der Waals surface area contributed by atoms with Gasteiger partial charge < -0.3 is 14.8 Å². The number of fused-ring (bicyclic) bond motifs is 1. The Morgan fingerprint density at radius 1 is 1.15 bits per heavy atom. The minimum atomic E-state index is -0.468. The lowest BCUT2D eigenvalue weighted by atomic mass is 10.1. The first kappa shape index (κ1) is 12.5. The second kappa shape index (κ2) is 4.85. The Hall–Kier alpha value is -2.56. The highest BCUT2D eigenvalue weighted by molar-refractivity contribution is 6.04. The van der Waals surface area contributed by atoms with Gasteiger partial charge in [0.2, 0.25) is 6.79 Å². The number of nitrogens with one attached hydrogen (secondary N) is 1. The average Bonchev–Trinajstić information content (AvgIpc) is 2.90. The maximum Gasteiger partial charge on any atom is 0.255 e. The van der Waals surface area contributed by atoms with E-state index in [0.717, 1.165) is 5.56 Å². The molecule has 0 aromatic heterocycles. The normalized spacial score (nSPS) is 12.3. The van der Waals surface area contributed by atoms with Crippen LogP contribution in [-0.4, -0.2) is 12.7 Å². The smallest absolute Gasteiger partial charge is 0.255 e. The van der Waals surface area contributed by atoms with Gasteiger partial charge in [-0.1, -0.05) is 6.07 Å². The van der Waals surface area contributed by atoms with Gasteiger partial charge in [-0.25, -0.2) is 4.39 Å². The molecule has 5 heteroatoms. The second-order valence-electron chi connectivity index (χ2n) is 4.51. The van der Waals surface area contributed by atoms with Crippen LogP contribution in [-0.2, 0) is 0 Å². The number of carbonyl (C=O) groups excluding carboxylic acids is 1. The third-order valence-electron chi connectivity index (χ3n) is 3.00. The molecule has 0 saturated heterocycles. The van der Waals surface area contributed by atoms with Gasteiger partial charge in [0.25, 0.3) is 5.91 Å². The van der Waals surface area contributed by atoms with Crippen molar-refractivity contribution in [2.75, 3.05) is 12.1 Å². The molecule has 2 aromatic carbocycles. The van der Waals surface area contributed by atoms with E-state index in [2.05, 4.69) is 5.32 Å². The van der Waals surface area contributed by atoms with Gasteiger partial charge in [-0.2, -0.15) is 0 Å². The Morgan fingerprint density at radius 3 is 2.80 bits per heavy atom. The van der Waals surface area contributed by atoms with Gasteiger partial charge in [0.1, 0.15) is 5.82 Å². The second-order valence-corrected chi connectivity index (χ2v) is 4.51. The summed E-state index contributed by atoms with van der Waals surface area (Å²) >= 11 is 0. The molecular formula is C15H12FNO3. The van der Waals surface area contributed by atoms with Crippen LogP contribution in [0.25, 0.3) is 0 Å². The van der Waals surface area contributed by atoms with Crippen molar-refractivity contribution in [3.05, 3.63) is 53.3 Å². The van der Waals surface area contributed by atoms with Crippen molar-refractivity contribution in [3.8, 4) is 11.5 Å². The van der Waals surface area contributed by atoms with Crippen LogP contribution >= 0.6 is 0 Å². The van der Waals surface area contributed by atoms with Crippen molar-refractivity contribution in [3.63, 3.8) is 0 Å². The molecule has 1 aliphatic heterocycles. The molecule has 1 aliphatic rings. The third kappa shape index (κ3) is 2.30. The molecule has 1 heterocycles. The molecule has 0 radical (unpaired) electrons. The lowest BCUT2D eigenvalue weighted by Gasteiger charge is -2.08. The van der Waals surface area contributed by atoms with Gasteiger partial charge in [-0.05, 0) is 42.8 Å². The first-order chi connectivity index (χ1) is 9.63. The van der Waals surface area contributed by atoms with Crippen LogP contribution in [0.1, 0.15) is 15.9 Å². The quantitative estimate of drug-likeness (QED) is 0.914. The molecule has 2 aromatic rings. The molecule has 0 fully saturated rings. The molecule has 1 amide bonds. The molecule has 4 nitrogen and oxygen atoms in total. The monoisotopic (exact) mass is 273 g/mol. The zero-order valence-electron chi connectivity index (χ0n) is 10.8. The first-order valence-electron chi connectivity index (χ1n) is 6.10. The number of hydrogen-bond acceptors (Lipinski definition) is 3. The third-order valence-corrected chi connectivity index (χ3v) is 3.00. The van der Waals surface area contributed by atoms with Crippen LogP contribution in [0.15, 0.2) is 36.4 Å². The molecule has 3 rings (SSSR count). The maximum atomic E-state index is 13.6. The van der Waals surface area contributed by atoms with Crippen molar-refractivity contribution in [1.82, 2.24) is 0 Å². The van der Waals surface area contributed by atoms with E-state index in [1.807, 2.05) is 6.92 Å². The van der Waals surface area contributed by atoms with E-state index in [4.69, 9.17) is 9.47 Å². The van der Waals surface area contributed by atoms with E-state index in [0.29, 0.717) is 17.1 Å². The number of amides is 1. The van der Waals surface area contributed by atoms with Crippen LogP contribution in [0.4, 0.5) is 10.1 Å². The first-order valence-corrected chi connectivity index (χ1v) is 6.10. The van der Waals surface area contributed by atoms with Gasteiger partial charge in [-0.3, -0.25) is 4.79 Å². The van der Waals surface area contributed by atoms with Crippen LogP contribution in [0.5, 0.6) is 11.5 Å². The van der Waals surface area contributed by atoms with E-state index < -0.39 is 11.7 Å². The highest BCUT2D eigenvalue weighted by Crippen LogP contribution is 2.32. The molecular weight excluding hydrogens is 261 g/mol. The van der Waals surface area contributed by atoms with E-state index in [-0.39, 0.29) is 12.5 Å². The molecule has 1 N–H and O–H groups in total. The van der Waals surface area contributed by atoms with E-state index in [9.17, 15) is 9.18 Å². The Labute approximate surface area is 115 Å². The fourth-order valence-corrected chi connectivity index (χ4v) is 1.97. The summed E-state index contributed by atoms with van der Waals surface area (Å²) in [7, 11) is 0. The summed E-state index contributed by atoms with van der Waals surface area (Å²) in [5, 5.41) is 2.55. The fourth-order valence-electron chi connectivity index (χ4n) is 1.97. The van der Waals surface area contributed by atoms with Gasteiger partial charge >= 0.3 is 0 Å². The molecule has 0 aliphatic carbocycles. The van der Waals surface area contributed by atoms with Gasteiger partial charge in [0.05, 0.1) is 5.69 Å². The number of aryl methyl sites for hydroxylation is 1. The molecule has 0 atom stereocenters. The predicted molar refractivity (Wildman–Crippen MR) is 71.7 cm³/mol. The van der Waals surface area contributed by atoms with Crippen LogP contribution in [0, 0.1) is 12.7 Å². The minimum absolute atomic E-state index is 0.146. The largest absolute Gasteiger partial charge is 0.454 e. The van der Waals surface area contributed by atoms with Gasteiger partial charge in [-0.15, -0.1) is 0 Å². The van der Waals surface area contributed by atoms with E-state index in [1.165, 1.54) is 6.07 Å². The Balaban J connectivity index is 1.84. The van der Waals surface area contributed by atoms with E-state index >= 15 is 0 Å². The number of halogens is 1. The van der Waals surface area contributed by atoms with Crippen molar-refractivity contribution >= 4 is 11.6 Å². The molecule has 20 heavy (non-hydrogen) atoms. The van der Waals surface area contributed by atoms with Gasteiger partial charge in [0, 0.05) is 5.56 Å². The lowest BCUT2D eigenvalue weighted by Crippen LogP contribution is -2.13. The zero-order valence-corrected chi connectivity index (χ0v) is 10.8. The number of ether oxygens (including phenoxy) is 2. The maximum absolute atomic E-state index is 13.6. The Morgan fingerprint density at radius 2 is 1.95 bits per heavy atom. The minimum Gasteiger partial charge on any atom is -0.454 e. The van der Waals surface area contributed by atoms with Crippen LogP contribution < -0.4 is 14.8 Å². The summed E-state index contributed by atoms with van der Waals surface area (Å²) in [4.78, 5) is 12.1. The Bertz CT molecular complexity index is 685. The molecule has 0 bridgehead atoms. The number of carbonyl (C=O) groups is 1. The van der Waals surface area contributed by atoms with E-state index in [1.54, 1.807) is 30.3 Å². The number of benzene rings is 2. The van der Waals surface area contributed by atoms with Gasteiger partial charge in [0.15, 0.2) is 11.5 Å². The number of anilines is 1. The van der Waals surface area contributed by atoms with Crippen LogP contribution in [0.2, 0.25) is 0 Å². The SMILES string of the molecule is Cc1ccc(F)c(NC(=O)c2ccc3c(c2)OCO3)c1. The van der Waals surface area contributed by atoms with Crippen molar-refractivity contribution < 1.29 is 18.7 Å².